The van der Waals surface area contributed by atoms with Crippen molar-refractivity contribution >= 4 is 11.7 Å². The SMILES string of the molecule is CC(C)=CCC/C(C)=C/CC/C(C)=C/CC/C(C)=C\C(=O)Oc1ccc([N+](=O)[O-])cc1. The van der Waals surface area contributed by atoms with E-state index in [9.17, 15) is 14.9 Å². The molecule has 0 heterocycles. The van der Waals surface area contributed by atoms with E-state index in [1.165, 1.54) is 47.1 Å². The molecule has 5 nitrogen and oxygen atoms in total. The second-order valence-corrected chi connectivity index (χ2v) is 8.16. The third-order valence-corrected chi connectivity index (χ3v) is 4.78. The first-order valence-corrected chi connectivity index (χ1v) is 10.8. The Labute approximate surface area is 186 Å². The van der Waals surface area contributed by atoms with E-state index in [0.29, 0.717) is 5.75 Å². The highest BCUT2D eigenvalue weighted by Gasteiger charge is 2.07. The largest absolute Gasteiger partial charge is 0.423 e. The molecule has 0 radical (unpaired) electrons. The van der Waals surface area contributed by atoms with E-state index >= 15 is 0 Å². The summed E-state index contributed by atoms with van der Waals surface area (Å²) >= 11 is 0. The third-order valence-electron chi connectivity index (χ3n) is 4.78. The van der Waals surface area contributed by atoms with Crippen LogP contribution in [0.15, 0.2) is 70.9 Å². The Morgan fingerprint density at radius 1 is 0.839 bits per heavy atom. The van der Waals surface area contributed by atoms with E-state index in [2.05, 4.69) is 45.9 Å². The maximum atomic E-state index is 12.0. The average molecular weight is 426 g/mol. The highest BCUT2D eigenvalue weighted by molar-refractivity contribution is 5.84. The molecule has 31 heavy (non-hydrogen) atoms. The van der Waals surface area contributed by atoms with Gasteiger partial charge in [0.25, 0.3) is 5.69 Å². The summed E-state index contributed by atoms with van der Waals surface area (Å²) in [6.45, 7) is 10.5. The van der Waals surface area contributed by atoms with Gasteiger partial charge in [-0.1, -0.05) is 40.5 Å². The molecule has 0 spiro atoms. The minimum atomic E-state index is -0.491. The molecule has 0 aliphatic carbocycles. The molecule has 0 aliphatic rings. The monoisotopic (exact) mass is 425 g/mol. The van der Waals surface area contributed by atoms with E-state index in [1.54, 1.807) is 0 Å². The summed E-state index contributed by atoms with van der Waals surface area (Å²) in [7, 11) is 0. The van der Waals surface area contributed by atoms with Crippen LogP contribution in [-0.4, -0.2) is 10.9 Å². The number of nitro benzene ring substituents is 1. The molecule has 5 heteroatoms. The topological polar surface area (TPSA) is 69.4 Å². The van der Waals surface area contributed by atoms with Gasteiger partial charge < -0.3 is 4.74 Å². The van der Waals surface area contributed by atoms with Crippen molar-refractivity contribution < 1.29 is 14.5 Å². The van der Waals surface area contributed by atoms with Crippen LogP contribution in [0.3, 0.4) is 0 Å². The van der Waals surface area contributed by atoms with Crippen molar-refractivity contribution in [3.8, 4) is 5.75 Å². The lowest BCUT2D eigenvalue weighted by Gasteiger charge is -2.03. The van der Waals surface area contributed by atoms with E-state index in [0.717, 1.165) is 44.1 Å². The van der Waals surface area contributed by atoms with Crippen LogP contribution >= 0.6 is 0 Å². The van der Waals surface area contributed by atoms with E-state index < -0.39 is 10.9 Å². The van der Waals surface area contributed by atoms with Gasteiger partial charge in [0.2, 0.25) is 0 Å². The standard InChI is InChI=1S/C26H35NO4/c1-20(2)9-6-10-21(3)11-7-12-22(4)13-8-14-23(5)19-26(28)31-25-17-15-24(16-18-25)27(29)30/h9,11,13,15-19H,6-8,10,12,14H2,1-5H3/b21-11+,22-13+,23-19-. The van der Waals surface area contributed by atoms with Crippen LogP contribution in [0.4, 0.5) is 5.69 Å². The molecule has 0 aliphatic heterocycles. The Bertz CT molecular complexity index is 854. The number of hydrogen-bond donors (Lipinski definition) is 0. The number of ether oxygens (including phenoxy) is 1. The Morgan fingerprint density at radius 2 is 1.32 bits per heavy atom. The molecule has 0 N–H and O–H groups in total. The van der Waals surface area contributed by atoms with Gasteiger partial charge in [-0.2, -0.15) is 0 Å². The first-order chi connectivity index (χ1) is 14.7. The van der Waals surface area contributed by atoms with Crippen LogP contribution in [0.1, 0.15) is 73.1 Å². The van der Waals surface area contributed by atoms with Crippen LogP contribution < -0.4 is 4.74 Å². The van der Waals surface area contributed by atoms with Gasteiger partial charge in [-0.3, -0.25) is 10.1 Å². The number of carbonyl (C=O) groups is 1. The van der Waals surface area contributed by atoms with Gasteiger partial charge in [-0.25, -0.2) is 4.79 Å². The summed E-state index contributed by atoms with van der Waals surface area (Å²) in [4.78, 5) is 22.2. The molecule has 0 aromatic heterocycles. The number of carbonyl (C=O) groups excluding carboxylic acids is 1. The highest BCUT2D eigenvalue weighted by Crippen LogP contribution is 2.18. The van der Waals surface area contributed by atoms with Crippen molar-refractivity contribution in [3.63, 3.8) is 0 Å². The van der Waals surface area contributed by atoms with Crippen molar-refractivity contribution in [2.24, 2.45) is 0 Å². The molecule has 168 valence electrons. The summed E-state index contributed by atoms with van der Waals surface area (Å²) in [5.74, 6) is -0.180. The fraction of sp³-hybridized carbons (Fsp3) is 0.423. The molecule has 0 saturated heterocycles. The van der Waals surface area contributed by atoms with Gasteiger partial charge in [0, 0.05) is 18.2 Å². The summed E-state index contributed by atoms with van der Waals surface area (Å²) in [6, 6.07) is 5.46. The average Bonchev–Trinajstić information content (AvgIpc) is 2.68. The molecule has 1 rings (SSSR count). The highest BCUT2D eigenvalue weighted by atomic mass is 16.6. The smallest absolute Gasteiger partial charge is 0.336 e. The molecule has 0 fully saturated rings. The number of hydrogen-bond acceptors (Lipinski definition) is 4. The van der Waals surface area contributed by atoms with Crippen LogP contribution in [-0.2, 0) is 4.79 Å². The van der Waals surface area contributed by atoms with E-state index in [-0.39, 0.29) is 5.69 Å². The lowest BCUT2D eigenvalue weighted by atomic mass is 10.0. The van der Waals surface area contributed by atoms with E-state index in [1.807, 2.05) is 6.92 Å². The third kappa shape index (κ3) is 12.4. The number of benzene rings is 1. The lowest BCUT2D eigenvalue weighted by Crippen LogP contribution is -2.04. The number of nitro groups is 1. The van der Waals surface area contributed by atoms with Crippen molar-refractivity contribution in [1.29, 1.82) is 0 Å². The maximum absolute atomic E-state index is 12.0. The maximum Gasteiger partial charge on any atom is 0.336 e. The Kier molecular flexibility index (Phi) is 11.9. The Hall–Kier alpha value is -2.95. The molecule has 0 bridgehead atoms. The van der Waals surface area contributed by atoms with Gasteiger partial charge in [-0.05, 0) is 85.3 Å². The Morgan fingerprint density at radius 3 is 1.81 bits per heavy atom. The molecule has 0 atom stereocenters. The fourth-order valence-electron chi connectivity index (χ4n) is 2.94. The minimum Gasteiger partial charge on any atom is -0.423 e. The first kappa shape index (κ1) is 26.1. The zero-order valence-electron chi connectivity index (χ0n) is 19.4. The van der Waals surface area contributed by atoms with Crippen LogP contribution in [0.25, 0.3) is 0 Å². The first-order valence-electron chi connectivity index (χ1n) is 10.8. The van der Waals surface area contributed by atoms with Gasteiger partial charge in [0.15, 0.2) is 0 Å². The molecular formula is C26H35NO4. The fourth-order valence-corrected chi connectivity index (χ4v) is 2.94. The molecule has 0 amide bonds. The molecule has 0 unspecified atom stereocenters. The van der Waals surface area contributed by atoms with Crippen LogP contribution in [0.2, 0.25) is 0 Å². The minimum absolute atomic E-state index is 0.0388. The normalized spacial score (nSPS) is 12.5. The van der Waals surface area contributed by atoms with Crippen molar-refractivity contribution in [2.45, 2.75) is 73.1 Å². The summed E-state index contributed by atoms with van der Waals surface area (Å²) in [5.41, 5.74) is 5.06. The van der Waals surface area contributed by atoms with Gasteiger partial charge in [0.1, 0.15) is 5.75 Å². The van der Waals surface area contributed by atoms with Crippen molar-refractivity contribution in [3.05, 3.63) is 81.0 Å². The van der Waals surface area contributed by atoms with E-state index in [4.69, 9.17) is 4.74 Å². The number of non-ortho nitro benzene ring substituents is 1. The second kappa shape index (κ2) is 14.1. The number of esters is 1. The molecule has 1 aromatic carbocycles. The predicted molar refractivity (Wildman–Crippen MR) is 127 cm³/mol. The zero-order chi connectivity index (χ0) is 23.2. The van der Waals surface area contributed by atoms with Gasteiger partial charge in [-0.15, -0.1) is 0 Å². The quantitative estimate of drug-likeness (QED) is 0.0861. The predicted octanol–water partition coefficient (Wildman–Crippen LogP) is 7.65. The summed E-state index contributed by atoms with van der Waals surface area (Å²) in [6.07, 6.45) is 14.3. The second-order valence-electron chi connectivity index (χ2n) is 8.16. The number of rotatable bonds is 12. The molecule has 0 saturated carbocycles. The van der Waals surface area contributed by atoms with Crippen molar-refractivity contribution in [1.82, 2.24) is 0 Å². The van der Waals surface area contributed by atoms with Gasteiger partial charge in [0.05, 0.1) is 4.92 Å². The van der Waals surface area contributed by atoms with Crippen LogP contribution in [0.5, 0.6) is 5.75 Å². The Balaban J connectivity index is 2.37. The molecular weight excluding hydrogens is 390 g/mol. The van der Waals surface area contributed by atoms with Crippen molar-refractivity contribution in [2.75, 3.05) is 0 Å². The summed E-state index contributed by atoms with van der Waals surface area (Å²) in [5, 5.41) is 10.7. The van der Waals surface area contributed by atoms with Gasteiger partial charge >= 0.3 is 5.97 Å². The molecule has 1 aromatic rings. The zero-order valence-corrected chi connectivity index (χ0v) is 19.4. The number of allylic oxidation sites excluding steroid dienone is 7. The lowest BCUT2D eigenvalue weighted by molar-refractivity contribution is -0.384. The van der Waals surface area contributed by atoms with Crippen LogP contribution in [0, 0.1) is 10.1 Å². The number of nitrogens with zero attached hydrogens (tertiary/aromatic N) is 1. The summed E-state index contributed by atoms with van der Waals surface area (Å²) < 4.78 is 5.20.